The third kappa shape index (κ3) is 6.56. The molecule has 0 aromatic carbocycles. The minimum absolute atomic E-state index is 0.265. The maximum atomic E-state index is 11.2. The Balaban J connectivity index is 0.000000370. The van der Waals surface area contributed by atoms with Gasteiger partial charge in [0.25, 0.3) is 0 Å². The van der Waals surface area contributed by atoms with Crippen LogP contribution in [0.1, 0.15) is 25.5 Å². The van der Waals surface area contributed by atoms with Crippen LogP contribution < -0.4 is 0 Å². The molecule has 2 unspecified atom stereocenters. The molecule has 2 aromatic rings. The van der Waals surface area contributed by atoms with Crippen molar-refractivity contribution in [3.63, 3.8) is 0 Å². The Morgan fingerprint density at radius 3 is 2.41 bits per heavy atom. The van der Waals surface area contributed by atoms with Gasteiger partial charge in [-0.3, -0.25) is 19.8 Å². The smallest absolute Gasteiger partial charge is 0.481 e. The van der Waals surface area contributed by atoms with Gasteiger partial charge >= 0.3 is 18.1 Å². The lowest BCUT2D eigenvalue weighted by Gasteiger charge is -2.36. The summed E-state index contributed by atoms with van der Waals surface area (Å²) in [5.41, 5.74) is 2.91. The third-order valence-corrected chi connectivity index (χ3v) is 4.58. The highest BCUT2D eigenvalue weighted by molar-refractivity contribution is 5.73. The number of aromatic amines is 1. The van der Waals surface area contributed by atoms with E-state index in [1.807, 2.05) is 18.2 Å². The van der Waals surface area contributed by atoms with Crippen molar-refractivity contribution in [2.24, 2.45) is 5.92 Å². The van der Waals surface area contributed by atoms with Crippen molar-refractivity contribution < 1.29 is 33.0 Å². The summed E-state index contributed by atoms with van der Waals surface area (Å²) in [5, 5.41) is 23.7. The van der Waals surface area contributed by atoms with Gasteiger partial charge in [-0.05, 0) is 38.0 Å². The predicted octanol–water partition coefficient (Wildman–Crippen LogP) is 2.79. The molecule has 158 valence electrons. The summed E-state index contributed by atoms with van der Waals surface area (Å²) in [6.45, 7) is 3.45. The molecule has 3 rings (SSSR count). The number of nitrogens with zero attached hydrogens (tertiary/aromatic N) is 3. The highest BCUT2D eigenvalue weighted by atomic mass is 19.4. The number of nitrogens with one attached hydrogen (secondary N) is 1. The molecule has 0 bridgehead atoms. The van der Waals surface area contributed by atoms with E-state index in [2.05, 4.69) is 27.0 Å². The first-order chi connectivity index (χ1) is 13.6. The van der Waals surface area contributed by atoms with Gasteiger partial charge in [-0.15, -0.1) is 0 Å². The van der Waals surface area contributed by atoms with Crippen LogP contribution in [0.15, 0.2) is 30.6 Å². The molecule has 0 saturated carbocycles. The second-order valence-corrected chi connectivity index (χ2v) is 6.71. The monoisotopic (exact) mass is 414 g/mol. The number of rotatable bonds is 4. The Kier molecular flexibility index (Phi) is 7.32. The van der Waals surface area contributed by atoms with Crippen LogP contribution >= 0.6 is 0 Å². The number of halogens is 3. The summed E-state index contributed by atoms with van der Waals surface area (Å²) in [6.07, 6.45) is 0.0856. The fourth-order valence-electron chi connectivity index (χ4n) is 2.93. The molecule has 1 saturated heterocycles. The maximum Gasteiger partial charge on any atom is 0.490 e. The van der Waals surface area contributed by atoms with Crippen LogP contribution in [0.25, 0.3) is 11.3 Å². The lowest BCUT2D eigenvalue weighted by molar-refractivity contribution is -0.192. The SMILES string of the molecule is CC1CCC(C(=O)O)CN1Cc1cc(-c2ccncc2)n[nH]1.O=C(O)C(F)(F)F. The van der Waals surface area contributed by atoms with Gasteiger partial charge in [0.1, 0.15) is 0 Å². The van der Waals surface area contributed by atoms with Gasteiger partial charge in [0.15, 0.2) is 0 Å². The molecule has 1 fully saturated rings. The Labute approximate surface area is 164 Å². The van der Waals surface area contributed by atoms with Crippen molar-refractivity contribution in [3.8, 4) is 11.3 Å². The topological polar surface area (TPSA) is 119 Å². The summed E-state index contributed by atoms with van der Waals surface area (Å²) < 4.78 is 31.7. The molecule has 2 atom stereocenters. The summed E-state index contributed by atoms with van der Waals surface area (Å²) in [4.78, 5) is 26.3. The zero-order valence-corrected chi connectivity index (χ0v) is 15.6. The zero-order valence-electron chi connectivity index (χ0n) is 15.6. The van der Waals surface area contributed by atoms with E-state index in [1.165, 1.54) is 0 Å². The van der Waals surface area contributed by atoms with E-state index in [0.717, 1.165) is 29.8 Å². The van der Waals surface area contributed by atoms with Crippen LogP contribution in [0.2, 0.25) is 0 Å². The van der Waals surface area contributed by atoms with Gasteiger partial charge in [-0.2, -0.15) is 18.3 Å². The van der Waals surface area contributed by atoms with E-state index < -0.39 is 18.1 Å². The first-order valence-electron chi connectivity index (χ1n) is 8.79. The number of carboxylic acid groups (broad SMARTS) is 2. The normalized spacial score (nSPS) is 19.9. The second kappa shape index (κ2) is 9.50. The first-order valence-corrected chi connectivity index (χ1v) is 8.79. The molecule has 0 radical (unpaired) electrons. The molecule has 8 nitrogen and oxygen atoms in total. The van der Waals surface area contributed by atoms with E-state index in [9.17, 15) is 23.1 Å². The minimum atomic E-state index is -5.08. The number of aromatic nitrogens is 3. The number of H-pyrrole nitrogens is 1. The van der Waals surface area contributed by atoms with E-state index in [-0.39, 0.29) is 5.92 Å². The Hall–Kier alpha value is -2.95. The lowest BCUT2D eigenvalue weighted by atomic mass is 9.93. The summed E-state index contributed by atoms with van der Waals surface area (Å²) >= 11 is 0. The van der Waals surface area contributed by atoms with Crippen molar-refractivity contribution in [1.29, 1.82) is 0 Å². The Morgan fingerprint density at radius 1 is 1.24 bits per heavy atom. The van der Waals surface area contributed by atoms with Gasteiger partial charge in [-0.1, -0.05) is 0 Å². The van der Waals surface area contributed by atoms with Crippen LogP contribution in [-0.4, -0.2) is 61.0 Å². The van der Waals surface area contributed by atoms with E-state index in [4.69, 9.17) is 9.90 Å². The number of carboxylic acids is 2. The largest absolute Gasteiger partial charge is 0.490 e. The molecule has 1 aliphatic rings. The Bertz CT molecular complexity index is 826. The molecule has 3 N–H and O–H groups in total. The second-order valence-electron chi connectivity index (χ2n) is 6.71. The molecule has 0 spiro atoms. The van der Waals surface area contributed by atoms with Crippen LogP contribution in [0.3, 0.4) is 0 Å². The third-order valence-electron chi connectivity index (χ3n) is 4.58. The van der Waals surface area contributed by atoms with Crippen molar-refractivity contribution in [3.05, 3.63) is 36.3 Å². The van der Waals surface area contributed by atoms with Crippen molar-refractivity contribution in [2.75, 3.05) is 6.54 Å². The summed E-state index contributed by atoms with van der Waals surface area (Å²) in [6, 6.07) is 6.25. The van der Waals surface area contributed by atoms with Gasteiger partial charge in [0, 0.05) is 42.8 Å². The van der Waals surface area contributed by atoms with Crippen molar-refractivity contribution in [2.45, 2.75) is 38.5 Å². The summed E-state index contributed by atoms with van der Waals surface area (Å²) in [5.74, 6) is -3.72. The molecule has 11 heteroatoms. The van der Waals surface area contributed by atoms with Crippen molar-refractivity contribution in [1.82, 2.24) is 20.1 Å². The molecular formula is C18H21F3N4O4. The zero-order chi connectivity index (χ0) is 21.6. The lowest BCUT2D eigenvalue weighted by Crippen LogP contribution is -2.43. The molecule has 0 aliphatic carbocycles. The predicted molar refractivity (Wildman–Crippen MR) is 95.7 cm³/mol. The first kappa shape index (κ1) is 22.3. The fourth-order valence-corrected chi connectivity index (χ4v) is 2.93. The maximum absolute atomic E-state index is 11.2. The summed E-state index contributed by atoms with van der Waals surface area (Å²) in [7, 11) is 0. The number of hydrogen-bond acceptors (Lipinski definition) is 5. The standard InChI is InChI=1S/C16H20N4O2.C2HF3O2/c1-11-2-3-13(16(21)22)9-20(11)10-14-8-15(19-18-14)12-4-6-17-7-5-12;3-2(4,5)1(6)7/h4-8,11,13H,2-3,9-10H2,1H3,(H,18,19)(H,21,22);(H,6,7). The molecule has 1 aliphatic heterocycles. The number of aliphatic carboxylic acids is 2. The van der Waals surface area contributed by atoms with Gasteiger partial charge in [0.2, 0.25) is 0 Å². The van der Waals surface area contributed by atoms with E-state index in [1.54, 1.807) is 12.4 Å². The van der Waals surface area contributed by atoms with E-state index in [0.29, 0.717) is 19.1 Å². The minimum Gasteiger partial charge on any atom is -0.481 e. The van der Waals surface area contributed by atoms with Crippen LogP contribution in [0.5, 0.6) is 0 Å². The number of likely N-dealkylation sites (tertiary alicyclic amines) is 1. The molecule has 0 amide bonds. The average Bonchev–Trinajstić information content (AvgIpc) is 3.12. The van der Waals surface area contributed by atoms with Gasteiger partial charge in [0.05, 0.1) is 11.6 Å². The van der Waals surface area contributed by atoms with Crippen LogP contribution in [0.4, 0.5) is 13.2 Å². The van der Waals surface area contributed by atoms with Crippen LogP contribution in [-0.2, 0) is 16.1 Å². The molecule has 29 heavy (non-hydrogen) atoms. The molecule has 3 heterocycles. The number of pyridine rings is 1. The van der Waals surface area contributed by atoms with E-state index >= 15 is 0 Å². The highest BCUT2D eigenvalue weighted by Gasteiger charge is 2.38. The Morgan fingerprint density at radius 2 is 1.86 bits per heavy atom. The number of hydrogen-bond donors (Lipinski definition) is 3. The average molecular weight is 414 g/mol. The fraction of sp³-hybridized carbons (Fsp3) is 0.444. The number of alkyl halides is 3. The highest BCUT2D eigenvalue weighted by Crippen LogP contribution is 2.24. The quantitative estimate of drug-likeness (QED) is 0.704. The van der Waals surface area contributed by atoms with Gasteiger partial charge in [-0.25, -0.2) is 4.79 Å². The van der Waals surface area contributed by atoms with Crippen LogP contribution in [0, 0.1) is 5.92 Å². The van der Waals surface area contributed by atoms with Crippen molar-refractivity contribution >= 4 is 11.9 Å². The molecular weight excluding hydrogens is 393 g/mol. The van der Waals surface area contributed by atoms with Gasteiger partial charge < -0.3 is 10.2 Å². The molecule has 2 aromatic heterocycles. The number of carbonyl (C=O) groups is 2. The number of piperidine rings is 1.